The average molecular weight is 384 g/mol. The number of amides is 3. The number of carbonyl (C=O) groups is 4. The van der Waals surface area contributed by atoms with Crippen LogP contribution in [0.25, 0.3) is 0 Å². The largest absolute Gasteiger partial charge is 0.368 e. The predicted molar refractivity (Wildman–Crippen MR) is 96.8 cm³/mol. The SMILES string of the molecule is CC(=O)NC(CSC(=O)[C@H](Cc1cnc[nH]1)NC(=O)CCCN)C(N)=O. The van der Waals surface area contributed by atoms with Gasteiger partial charge in [0.05, 0.1) is 6.33 Å². The Morgan fingerprint density at radius 2 is 2.00 bits per heavy atom. The summed E-state index contributed by atoms with van der Waals surface area (Å²) in [6.45, 7) is 1.62. The minimum Gasteiger partial charge on any atom is -0.368 e. The molecule has 1 aromatic rings. The van der Waals surface area contributed by atoms with Gasteiger partial charge in [-0.2, -0.15) is 0 Å². The van der Waals surface area contributed by atoms with E-state index in [0.717, 1.165) is 11.8 Å². The molecule has 0 fully saturated rings. The van der Waals surface area contributed by atoms with Crippen LogP contribution in [0.15, 0.2) is 12.5 Å². The second kappa shape index (κ2) is 11.3. The highest BCUT2D eigenvalue weighted by Crippen LogP contribution is 2.12. The Labute approximate surface area is 155 Å². The molecule has 11 heteroatoms. The summed E-state index contributed by atoms with van der Waals surface area (Å²) in [7, 11) is 0. The zero-order valence-electron chi connectivity index (χ0n) is 14.5. The lowest BCUT2D eigenvalue weighted by Gasteiger charge is -2.18. The summed E-state index contributed by atoms with van der Waals surface area (Å²) in [5, 5.41) is 4.70. The van der Waals surface area contributed by atoms with Gasteiger partial charge < -0.3 is 27.1 Å². The molecule has 0 radical (unpaired) electrons. The highest BCUT2D eigenvalue weighted by atomic mass is 32.2. The second-order valence-electron chi connectivity index (χ2n) is 5.58. The van der Waals surface area contributed by atoms with E-state index in [4.69, 9.17) is 11.5 Å². The number of primary amides is 1. The maximum absolute atomic E-state index is 12.5. The molecule has 2 atom stereocenters. The first kappa shape index (κ1) is 21.6. The molecule has 7 N–H and O–H groups in total. The number of carbonyl (C=O) groups excluding carboxylic acids is 4. The molecule has 144 valence electrons. The van der Waals surface area contributed by atoms with Crippen LogP contribution in [-0.2, 0) is 25.6 Å². The maximum Gasteiger partial charge on any atom is 0.240 e. The molecule has 0 saturated heterocycles. The minimum atomic E-state index is -0.970. The number of aromatic nitrogens is 2. The first-order valence-electron chi connectivity index (χ1n) is 8.03. The lowest BCUT2D eigenvalue weighted by Crippen LogP contribution is -2.46. The van der Waals surface area contributed by atoms with Crippen molar-refractivity contribution < 1.29 is 19.2 Å². The summed E-state index contributed by atoms with van der Waals surface area (Å²) in [6, 6.07) is -1.78. The van der Waals surface area contributed by atoms with Gasteiger partial charge in [0.15, 0.2) is 0 Å². The Balaban J connectivity index is 2.71. The Kier molecular flexibility index (Phi) is 9.37. The zero-order chi connectivity index (χ0) is 19.5. The van der Waals surface area contributed by atoms with Crippen molar-refractivity contribution in [3.05, 3.63) is 18.2 Å². The summed E-state index contributed by atoms with van der Waals surface area (Å²) in [6.07, 6.45) is 3.97. The normalized spacial score (nSPS) is 12.8. The number of aromatic amines is 1. The molecule has 10 nitrogen and oxygen atoms in total. The van der Waals surface area contributed by atoms with Crippen molar-refractivity contribution >= 4 is 34.6 Å². The van der Waals surface area contributed by atoms with Crippen LogP contribution in [0, 0.1) is 0 Å². The first-order chi connectivity index (χ1) is 12.3. The number of nitrogens with two attached hydrogens (primary N) is 2. The molecule has 0 bridgehead atoms. The van der Waals surface area contributed by atoms with Crippen LogP contribution in [0.3, 0.4) is 0 Å². The summed E-state index contributed by atoms with van der Waals surface area (Å²) < 4.78 is 0. The number of imidazole rings is 1. The molecule has 0 saturated carbocycles. The molecule has 26 heavy (non-hydrogen) atoms. The number of hydrogen-bond donors (Lipinski definition) is 5. The van der Waals surface area contributed by atoms with Crippen molar-refractivity contribution in [3.63, 3.8) is 0 Å². The van der Waals surface area contributed by atoms with Crippen LogP contribution in [0.1, 0.15) is 25.5 Å². The van der Waals surface area contributed by atoms with Crippen molar-refractivity contribution in [1.29, 1.82) is 0 Å². The second-order valence-corrected chi connectivity index (χ2v) is 6.60. The fraction of sp³-hybridized carbons (Fsp3) is 0.533. The summed E-state index contributed by atoms with van der Waals surface area (Å²) in [4.78, 5) is 53.7. The Bertz CT molecular complexity index is 622. The molecule has 1 unspecified atom stereocenters. The van der Waals surface area contributed by atoms with Gasteiger partial charge in [-0.1, -0.05) is 11.8 Å². The summed E-state index contributed by atoms with van der Waals surface area (Å²) in [5.41, 5.74) is 11.3. The maximum atomic E-state index is 12.5. The molecule has 3 amide bonds. The molecule has 1 rings (SSSR count). The van der Waals surface area contributed by atoms with E-state index >= 15 is 0 Å². The van der Waals surface area contributed by atoms with Crippen molar-refractivity contribution in [3.8, 4) is 0 Å². The van der Waals surface area contributed by atoms with Gasteiger partial charge in [0.1, 0.15) is 12.1 Å². The van der Waals surface area contributed by atoms with Crippen molar-refractivity contribution in [2.75, 3.05) is 12.3 Å². The smallest absolute Gasteiger partial charge is 0.240 e. The van der Waals surface area contributed by atoms with Crippen molar-refractivity contribution in [2.45, 2.75) is 38.3 Å². The molecule has 0 aromatic carbocycles. The zero-order valence-corrected chi connectivity index (χ0v) is 15.3. The Morgan fingerprint density at radius 3 is 2.54 bits per heavy atom. The van der Waals surface area contributed by atoms with Crippen LogP contribution in [-0.4, -0.2) is 57.2 Å². The van der Waals surface area contributed by atoms with Crippen LogP contribution in [0.5, 0.6) is 0 Å². The van der Waals surface area contributed by atoms with Crippen LogP contribution < -0.4 is 22.1 Å². The van der Waals surface area contributed by atoms with E-state index in [1.165, 1.54) is 13.3 Å². The average Bonchev–Trinajstić information content (AvgIpc) is 3.08. The van der Waals surface area contributed by atoms with E-state index in [9.17, 15) is 19.2 Å². The van der Waals surface area contributed by atoms with Gasteiger partial charge in [0.25, 0.3) is 0 Å². The van der Waals surface area contributed by atoms with E-state index < -0.39 is 23.9 Å². The van der Waals surface area contributed by atoms with E-state index in [1.54, 1.807) is 6.20 Å². The molecular weight excluding hydrogens is 360 g/mol. The number of thioether (sulfide) groups is 1. The van der Waals surface area contributed by atoms with Crippen LogP contribution >= 0.6 is 11.8 Å². The van der Waals surface area contributed by atoms with Crippen LogP contribution in [0.2, 0.25) is 0 Å². The van der Waals surface area contributed by atoms with Crippen LogP contribution in [0.4, 0.5) is 0 Å². The van der Waals surface area contributed by atoms with Gasteiger partial charge in [-0.25, -0.2) is 4.98 Å². The highest BCUT2D eigenvalue weighted by molar-refractivity contribution is 8.13. The van der Waals surface area contributed by atoms with Gasteiger partial charge in [0, 0.05) is 37.4 Å². The van der Waals surface area contributed by atoms with Gasteiger partial charge in [-0.15, -0.1) is 0 Å². The van der Waals surface area contributed by atoms with E-state index in [-0.39, 0.29) is 29.6 Å². The third-order valence-electron chi connectivity index (χ3n) is 3.32. The highest BCUT2D eigenvalue weighted by Gasteiger charge is 2.25. The van der Waals surface area contributed by atoms with Gasteiger partial charge in [-0.05, 0) is 13.0 Å². The molecule has 0 aliphatic rings. The summed E-state index contributed by atoms with van der Waals surface area (Å²) in [5.74, 6) is -1.47. The van der Waals surface area contributed by atoms with Gasteiger partial charge in [-0.3, -0.25) is 19.2 Å². The Hall–Kier alpha value is -2.40. The molecule has 0 aliphatic carbocycles. The lowest BCUT2D eigenvalue weighted by molar-refractivity contribution is -0.125. The molecular formula is C15H24N6O4S. The first-order valence-corrected chi connectivity index (χ1v) is 9.01. The van der Waals surface area contributed by atoms with E-state index in [1.807, 2.05) is 0 Å². The third kappa shape index (κ3) is 8.12. The fourth-order valence-electron chi connectivity index (χ4n) is 2.04. The summed E-state index contributed by atoms with van der Waals surface area (Å²) >= 11 is 0.822. The number of nitrogens with zero attached hydrogens (tertiary/aromatic N) is 1. The lowest BCUT2D eigenvalue weighted by atomic mass is 10.1. The molecule has 0 spiro atoms. The van der Waals surface area contributed by atoms with Crippen molar-refractivity contribution in [1.82, 2.24) is 20.6 Å². The van der Waals surface area contributed by atoms with E-state index in [2.05, 4.69) is 20.6 Å². The number of hydrogen-bond acceptors (Lipinski definition) is 7. The Morgan fingerprint density at radius 1 is 1.27 bits per heavy atom. The number of rotatable bonds is 11. The fourth-order valence-corrected chi connectivity index (χ4v) is 2.97. The number of nitrogens with one attached hydrogen (secondary N) is 3. The van der Waals surface area contributed by atoms with Gasteiger partial charge >= 0.3 is 0 Å². The topological polar surface area (TPSA) is 173 Å². The van der Waals surface area contributed by atoms with E-state index in [0.29, 0.717) is 18.7 Å². The van der Waals surface area contributed by atoms with Crippen molar-refractivity contribution in [2.24, 2.45) is 11.5 Å². The number of H-pyrrole nitrogens is 1. The molecule has 1 aromatic heterocycles. The monoisotopic (exact) mass is 384 g/mol. The molecule has 0 aliphatic heterocycles. The quantitative estimate of drug-likeness (QED) is 0.306. The molecule has 1 heterocycles. The van der Waals surface area contributed by atoms with Gasteiger partial charge in [0.2, 0.25) is 22.8 Å². The third-order valence-corrected chi connectivity index (χ3v) is 4.39. The minimum absolute atomic E-state index is 0.0219. The standard InChI is InChI=1S/C15H24N6O4S/c1-9(22)20-12(14(17)24)7-26-15(25)11(5-10-6-18-8-19-10)21-13(23)3-2-4-16/h6,8,11-12H,2-5,7,16H2,1H3,(H2,17,24)(H,18,19)(H,20,22)(H,21,23)/t11-,12?/m0/s1. The predicted octanol–water partition coefficient (Wildman–Crippen LogP) is -1.57.